The largest absolute Gasteiger partial charge is 0.493 e. The molecule has 0 atom stereocenters. The van der Waals surface area contributed by atoms with Gasteiger partial charge in [-0.05, 0) is 42.5 Å². The van der Waals surface area contributed by atoms with Gasteiger partial charge in [0.25, 0.3) is 0 Å². The highest BCUT2D eigenvalue weighted by Gasteiger charge is 2.07. The molecular weight excluding hydrogens is 295 g/mol. The van der Waals surface area contributed by atoms with E-state index in [1.54, 1.807) is 24.3 Å². The van der Waals surface area contributed by atoms with Crippen LogP contribution in [0.2, 0.25) is 5.02 Å². The minimum atomic E-state index is -0.531. The summed E-state index contributed by atoms with van der Waals surface area (Å²) in [5.41, 5.74) is 5.98. The molecule has 2 rings (SSSR count). The van der Waals surface area contributed by atoms with Crippen molar-refractivity contribution in [2.24, 2.45) is 0 Å². The molecule has 0 spiro atoms. The first kappa shape index (κ1) is 15.1. The number of nitrogens with two attached hydrogens (primary N) is 1. The number of rotatable bonds is 5. The van der Waals surface area contributed by atoms with Crippen molar-refractivity contribution in [2.75, 3.05) is 17.7 Å². The van der Waals surface area contributed by atoms with Crippen molar-refractivity contribution in [3.05, 3.63) is 53.3 Å². The molecule has 0 saturated heterocycles. The topological polar surface area (TPSA) is 64.3 Å². The molecule has 0 aromatic heterocycles. The second kappa shape index (κ2) is 6.95. The average Bonchev–Trinajstić information content (AvgIpc) is 2.45. The molecule has 0 unspecified atom stereocenters. The number of halogens is 2. The molecule has 0 heterocycles. The van der Waals surface area contributed by atoms with Crippen molar-refractivity contribution in [3.8, 4) is 5.75 Å². The summed E-state index contributed by atoms with van der Waals surface area (Å²) in [6.45, 7) is 0.178. The first-order chi connectivity index (χ1) is 10.0. The van der Waals surface area contributed by atoms with Crippen LogP contribution in [0.5, 0.6) is 5.75 Å². The molecular formula is C15H14ClFN2O2. The summed E-state index contributed by atoms with van der Waals surface area (Å²) in [5.74, 6) is -0.271. The molecule has 0 aliphatic heterocycles. The van der Waals surface area contributed by atoms with E-state index in [0.29, 0.717) is 16.5 Å². The fraction of sp³-hybridized carbons (Fsp3) is 0.133. The van der Waals surface area contributed by atoms with Gasteiger partial charge in [-0.15, -0.1) is 0 Å². The van der Waals surface area contributed by atoms with Gasteiger partial charge < -0.3 is 15.8 Å². The predicted octanol–water partition coefficient (Wildman–Crippen LogP) is 3.47. The Morgan fingerprint density at radius 2 is 1.95 bits per heavy atom. The van der Waals surface area contributed by atoms with E-state index in [4.69, 9.17) is 22.1 Å². The highest BCUT2D eigenvalue weighted by atomic mass is 35.5. The van der Waals surface area contributed by atoms with Gasteiger partial charge in [0, 0.05) is 10.7 Å². The van der Waals surface area contributed by atoms with Crippen molar-refractivity contribution in [1.82, 2.24) is 0 Å². The molecule has 0 radical (unpaired) electrons. The van der Waals surface area contributed by atoms with Crippen LogP contribution in [0.4, 0.5) is 15.8 Å². The monoisotopic (exact) mass is 308 g/mol. The first-order valence-corrected chi connectivity index (χ1v) is 6.65. The smallest absolute Gasteiger partial charge is 0.227 e. The zero-order valence-electron chi connectivity index (χ0n) is 11.1. The van der Waals surface area contributed by atoms with Gasteiger partial charge in [0.15, 0.2) is 0 Å². The number of hydrogen-bond acceptors (Lipinski definition) is 3. The van der Waals surface area contributed by atoms with Crippen molar-refractivity contribution in [3.63, 3.8) is 0 Å². The maximum Gasteiger partial charge on any atom is 0.227 e. The second-order valence-electron chi connectivity index (χ2n) is 4.34. The molecule has 110 valence electrons. The van der Waals surface area contributed by atoms with E-state index >= 15 is 0 Å². The van der Waals surface area contributed by atoms with Gasteiger partial charge in [0.1, 0.15) is 11.6 Å². The maximum atomic E-state index is 13.4. The summed E-state index contributed by atoms with van der Waals surface area (Å²) < 4.78 is 18.8. The summed E-state index contributed by atoms with van der Waals surface area (Å²) in [6, 6.07) is 10.8. The van der Waals surface area contributed by atoms with Crippen LogP contribution in [-0.2, 0) is 4.79 Å². The Morgan fingerprint density at radius 1 is 1.24 bits per heavy atom. The molecule has 2 aromatic rings. The number of carbonyl (C=O) groups is 1. The Labute approximate surface area is 126 Å². The molecule has 0 saturated carbocycles. The first-order valence-electron chi connectivity index (χ1n) is 6.28. The number of nitrogen functional groups attached to an aromatic ring is 1. The standard InChI is InChI=1S/C15H14ClFN2O2/c16-10-1-4-12(5-2-10)21-8-7-15(20)19-14-9-11(18)3-6-13(14)17/h1-6,9H,7-8,18H2,(H,19,20). The number of ether oxygens (including phenoxy) is 1. The lowest BCUT2D eigenvalue weighted by atomic mass is 10.2. The molecule has 1 amide bonds. The lowest BCUT2D eigenvalue weighted by molar-refractivity contribution is -0.116. The van der Waals surface area contributed by atoms with Crippen LogP contribution in [0.25, 0.3) is 0 Å². The summed E-state index contributed by atoms with van der Waals surface area (Å²) in [5, 5.41) is 3.06. The summed E-state index contributed by atoms with van der Waals surface area (Å²) in [7, 11) is 0. The predicted molar refractivity (Wildman–Crippen MR) is 81.0 cm³/mol. The zero-order valence-corrected chi connectivity index (χ0v) is 11.9. The lowest BCUT2D eigenvalue weighted by Gasteiger charge is -2.08. The second-order valence-corrected chi connectivity index (χ2v) is 4.78. The van der Waals surface area contributed by atoms with E-state index in [2.05, 4.69) is 5.32 Å². The summed E-state index contributed by atoms with van der Waals surface area (Å²) in [4.78, 5) is 11.7. The lowest BCUT2D eigenvalue weighted by Crippen LogP contribution is -2.16. The molecule has 21 heavy (non-hydrogen) atoms. The van der Waals surface area contributed by atoms with E-state index in [0.717, 1.165) is 0 Å². The van der Waals surface area contributed by atoms with Gasteiger partial charge in [-0.25, -0.2) is 4.39 Å². The Balaban J connectivity index is 1.82. The van der Waals surface area contributed by atoms with Crippen LogP contribution in [0.1, 0.15) is 6.42 Å². The number of benzene rings is 2. The molecule has 0 aliphatic rings. The summed E-state index contributed by atoms with van der Waals surface area (Å²) >= 11 is 5.75. The van der Waals surface area contributed by atoms with Crippen LogP contribution in [0.3, 0.4) is 0 Å². The molecule has 0 bridgehead atoms. The number of hydrogen-bond donors (Lipinski definition) is 2. The quantitative estimate of drug-likeness (QED) is 0.831. The van der Waals surface area contributed by atoms with Crippen LogP contribution in [0.15, 0.2) is 42.5 Å². The number of anilines is 2. The Hall–Kier alpha value is -2.27. The summed E-state index contributed by atoms with van der Waals surface area (Å²) in [6.07, 6.45) is 0.0941. The number of carbonyl (C=O) groups excluding carboxylic acids is 1. The minimum absolute atomic E-state index is 0.0616. The number of nitrogens with one attached hydrogen (secondary N) is 1. The molecule has 3 N–H and O–H groups in total. The van der Waals surface area contributed by atoms with E-state index in [9.17, 15) is 9.18 Å². The molecule has 2 aromatic carbocycles. The highest BCUT2D eigenvalue weighted by Crippen LogP contribution is 2.18. The Morgan fingerprint density at radius 3 is 2.67 bits per heavy atom. The van der Waals surface area contributed by atoms with Crippen LogP contribution in [0, 0.1) is 5.82 Å². The van der Waals surface area contributed by atoms with Gasteiger partial charge >= 0.3 is 0 Å². The van der Waals surface area contributed by atoms with Crippen LogP contribution >= 0.6 is 11.6 Å². The maximum absolute atomic E-state index is 13.4. The molecule has 0 aliphatic carbocycles. The molecule has 6 heteroatoms. The molecule has 4 nitrogen and oxygen atoms in total. The zero-order chi connectivity index (χ0) is 15.2. The Kier molecular flexibility index (Phi) is 5.00. The average molecular weight is 309 g/mol. The van der Waals surface area contributed by atoms with Gasteiger partial charge in [0.2, 0.25) is 5.91 Å². The van der Waals surface area contributed by atoms with Crippen LogP contribution in [-0.4, -0.2) is 12.5 Å². The van der Waals surface area contributed by atoms with Crippen molar-refractivity contribution in [2.45, 2.75) is 6.42 Å². The fourth-order valence-electron chi connectivity index (χ4n) is 1.64. The van der Waals surface area contributed by atoms with E-state index in [-0.39, 0.29) is 24.6 Å². The third kappa shape index (κ3) is 4.65. The molecule has 0 fully saturated rings. The van der Waals surface area contributed by atoms with E-state index in [1.165, 1.54) is 18.2 Å². The SMILES string of the molecule is Nc1ccc(F)c(NC(=O)CCOc2ccc(Cl)cc2)c1. The van der Waals surface area contributed by atoms with E-state index < -0.39 is 5.82 Å². The van der Waals surface area contributed by atoms with Crippen LogP contribution < -0.4 is 15.8 Å². The van der Waals surface area contributed by atoms with Gasteiger partial charge in [-0.3, -0.25) is 4.79 Å². The van der Waals surface area contributed by atoms with Gasteiger partial charge in [-0.1, -0.05) is 11.6 Å². The van der Waals surface area contributed by atoms with Gasteiger partial charge in [-0.2, -0.15) is 0 Å². The minimum Gasteiger partial charge on any atom is -0.493 e. The normalized spacial score (nSPS) is 10.2. The number of amides is 1. The Bertz CT molecular complexity index is 632. The van der Waals surface area contributed by atoms with Crippen molar-refractivity contribution in [1.29, 1.82) is 0 Å². The van der Waals surface area contributed by atoms with Gasteiger partial charge in [0.05, 0.1) is 18.7 Å². The third-order valence-corrected chi connectivity index (χ3v) is 2.93. The third-order valence-electron chi connectivity index (χ3n) is 2.68. The highest BCUT2D eigenvalue weighted by molar-refractivity contribution is 6.30. The van der Waals surface area contributed by atoms with Crippen molar-refractivity contribution >= 4 is 28.9 Å². The van der Waals surface area contributed by atoms with Crippen molar-refractivity contribution < 1.29 is 13.9 Å². The van der Waals surface area contributed by atoms with E-state index in [1.807, 2.05) is 0 Å². The fourth-order valence-corrected chi connectivity index (χ4v) is 1.77.